The monoisotopic (exact) mass is 555 g/mol. The number of anilines is 1. The van der Waals surface area contributed by atoms with Crippen LogP contribution in [0.15, 0.2) is 53.0 Å². The van der Waals surface area contributed by atoms with E-state index in [1.165, 1.54) is 12.1 Å². The highest BCUT2D eigenvalue weighted by Crippen LogP contribution is 2.31. The lowest BCUT2D eigenvalue weighted by atomic mass is 10.1. The molecule has 1 amide bonds. The number of benzene rings is 2. The fourth-order valence-corrected chi connectivity index (χ4v) is 5.18. The van der Waals surface area contributed by atoms with E-state index in [9.17, 15) is 9.18 Å². The first-order valence-electron chi connectivity index (χ1n) is 12.7. The van der Waals surface area contributed by atoms with Gasteiger partial charge in [-0.2, -0.15) is 5.10 Å². The van der Waals surface area contributed by atoms with Gasteiger partial charge in [-0.25, -0.2) is 9.07 Å². The predicted octanol–water partition coefficient (Wildman–Crippen LogP) is 5.67. The van der Waals surface area contributed by atoms with Crippen molar-refractivity contribution in [2.45, 2.75) is 46.7 Å². The highest BCUT2D eigenvalue weighted by Gasteiger charge is 2.30. The zero-order valence-electron chi connectivity index (χ0n) is 21.5. The average Bonchev–Trinajstić information content (AvgIpc) is 3.22. The molecule has 2 heterocycles. The summed E-state index contributed by atoms with van der Waals surface area (Å²) in [5.74, 6) is 0.632. The van der Waals surface area contributed by atoms with Crippen LogP contribution in [0.1, 0.15) is 48.8 Å². The number of piperazine rings is 1. The van der Waals surface area contributed by atoms with Crippen LogP contribution in [-0.2, 0) is 6.54 Å². The summed E-state index contributed by atoms with van der Waals surface area (Å²) in [6.45, 7) is 13.4. The van der Waals surface area contributed by atoms with Crippen molar-refractivity contribution in [2.24, 2.45) is 0 Å². The summed E-state index contributed by atoms with van der Waals surface area (Å²) in [5, 5.41) is 4.87. The van der Waals surface area contributed by atoms with Crippen molar-refractivity contribution in [3.05, 3.63) is 75.6 Å². The summed E-state index contributed by atoms with van der Waals surface area (Å²) in [6.07, 6.45) is 0.831. The molecule has 0 N–H and O–H groups in total. The molecule has 3 aromatic rings. The zero-order valence-corrected chi connectivity index (χ0v) is 23.1. The standard InChI is InChI=1S/C28H35BrFN5O/c1-5-20(3)34(28(36)24-12-7-8-13-26(24)29)19-25-21(4)31-35(23-11-9-10-22(30)18-23)27(25)33-16-14-32(6-2)15-17-33/h7-13,18,20H,5-6,14-17,19H2,1-4H3/t20-/m1/s1. The molecule has 1 fully saturated rings. The summed E-state index contributed by atoms with van der Waals surface area (Å²) in [6, 6.07) is 14.1. The second-order valence-corrected chi connectivity index (χ2v) is 10.2. The Hall–Kier alpha value is -2.71. The topological polar surface area (TPSA) is 44.6 Å². The number of hydrogen-bond donors (Lipinski definition) is 0. The smallest absolute Gasteiger partial charge is 0.255 e. The maximum absolute atomic E-state index is 14.2. The van der Waals surface area contributed by atoms with E-state index in [2.05, 4.69) is 46.5 Å². The lowest BCUT2D eigenvalue weighted by molar-refractivity contribution is 0.0670. The quantitative estimate of drug-likeness (QED) is 0.359. The predicted molar refractivity (Wildman–Crippen MR) is 146 cm³/mol. The number of hydrogen-bond acceptors (Lipinski definition) is 4. The van der Waals surface area contributed by atoms with Gasteiger partial charge in [0.05, 0.1) is 23.5 Å². The SMILES string of the molecule is CC[C@@H](C)N(Cc1c(C)nn(-c2cccc(F)c2)c1N1CCN(CC)CC1)C(=O)c1ccccc1Br. The summed E-state index contributed by atoms with van der Waals surface area (Å²) in [4.78, 5) is 20.5. The molecule has 0 bridgehead atoms. The molecule has 0 spiro atoms. The molecule has 0 aliphatic carbocycles. The molecule has 36 heavy (non-hydrogen) atoms. The Labute approximate surface area is 221 Å². The Bertz CT molecular complexity index is 1200. The van der Waals surface area contributed by atoms with Crippen LogP contribution >= 0.6 is 15.9 Å². The Morgan fingerprint density at radius 2 is 1.83 bits per heavy atom. The molecule has 1 aliphatic heterocycles. The van der Waals surface area contributed by atoms with Gasteiger partial charge in [0.15, 0.2) is 0 Å². The van der Waals surface area contributed by atoms with Crippen molar-refractivity contribution in [1.29, 1.82) is 0 Å². The number of rotatable bonds is 8. The third-order valence-electron chi connectivity index (χ3n) is 7.15. The molecule has 1 aliphatic rings. The molecule has 0 saturated carbocycles. The first-order chi connectivity index (χ1) is 17.3. The number of halogens is 2. The molecule has 4 rings (SSSR count). The van der Waals surface area contributed by atoms with E-state index in [0.29, 0.717) is 17.8 Å². The van der Waals surface area contributed by atoms with Gasteiger partial charge < -0.3 is 14.7 Å². The van der Waals surface area contributed by atoms with Crippen LogP contribution in [0.25, 0.3) is 5.69 Å². The van der Waals surface area contributed by atoms with Gasteiger partial charge in [-0.3, -0.25) is 4.79 Å². The molecule has 8 heteroatoms. The second kappa shape index (κ2) is 11.6. The Kier molecular flexibility index (Phi) is 8.46. The zero-order chi connectivity index (χ0) is 25.8. The van der Waals surface area contributed by atoms with Gasteiger partial charge in [-0.15, -0.1) is 0 Å². The third kappa shape index (κ3) is 5.49. The Morgan fingerprint density at radius 3 is 2.47 bits per heavy atom. The molecule has 1 atom stereocenters. The molecule has 0 unspecified atom stereocenters. The minimum atomic E-state index is -0.297. The summed E-state index contributed by atoms with van der Waals surface area (Å²) in [5.41, 5.74) is 3.18. The molecular formula is C28H35BrFN5O. The maximum atomic E-state index is 14.2. The summed E-state index contributed by atoms with van der Waals surface area (Å²) >= 11 is 3.55. The number of nitrogens with zero attached hydrogens (tertiary/aromatic N) is 5. The second-order valence-electron chi connectivity index (χ2n) is 9.37. The van der Waals surface area contributed by atoms with Crippen molar-refractivity contribution in [3.63, 3.8) is 0 Å². The van der Waals surface area contributed by atoms with Crippen LogP contribution < -0.4 is 4.90 Å². The van der Waals surface area contributed by atoms with Gasteiger partial charge >= 0.3 is 0 Å². The largest absolute Gasteiger partial charge is 0.354 e. The van der Waals surface area contributed by atoms with Crippen LogP contribution in [0.2, 0.25) is 0 Å². The minimum Gasteiger partial charge on any atom is -0.354 e. The lowest BCUT2D eigenvalue weighted by Crippen LogP contribution is -2.47. The van der Waals surface area contributed by atoms with Crippen LogP contribution in [0.3, 0.4) is 0 Å². The fourth-order valence-electron chi connectivity index (χ4n) is 4.73. The Balaban J connectivity index is 1.78. The molecule has 2 aromatic carbocycles. The van der Waals surface area contributed by atoms with Crippen LogP contribution in [0.4, 0.5) is 10.2 Å². The number of likely N-dealkylation sites (N-methyl/N-ethyl adjacent to an activating group) is 1. The van der Waals surface area contributed by atoms with Crippen molar-refractivity contribution < 1.29 is 9.18 Å². The number of carbonyl (C=O) groups excluding carboxylic acids is 1. The first kappa shape index (κ1) is 26.4. The van der Waals surface area contributed by atoms with E-state index in [-0.39, 0.29) is 17.8 Å². The van der Waals surface area contributed by atoms with E-state index in [1.54, 1.807) is 6.07 Å². The summed E-state index contributed by atoms with van der Waals surface area (Å²) < 4.78 is 16.8. The van der Waals surface area contributed by atoms with Crippen LogP contribution in [-0.4, -0.2) is 64.3 Å². The van der Waals surface area contributed by atoms with E-state index < -0.39 is 0 Å². The Morgan fingerprint density at radius 1 is 1.11 bits per heavy atom. The molecule has 6 nitrogen and oxygen atoms in total. The van der Waals surface area contributed by atoms with Crippen LogP contribution in [0.5, 0.6) is 0 Å². The van der Waals surface area contributed by atoms with E-state index in [4.69, 9.17) is 5.10 Å². The number of aryl methyl sites for hydroxylation is 1. The number of aromatic nitrogens is 2. The first-order valence-corrected chi connectivity index (χ1v) is 13.5. The van der Waals surface area contributed by atoms with Gasteiger partial charge in [0.2, 0.25) is 0 Å². The number of amides is 1. The van der Waals surface area contributed by atoms with Gasteiger partial charge in [0, 0.05) is 42.3 Å². The molecule has 1 saturated heterocycles. The van der Waals surface area contributed by atoms with Crippen molar-refractivity contribution >= 4 is 27.7 Å². The molecule has 192 valence electrons. The van der Waals surface area contributed by atoms with E-state index >= 15 is 0 Å². The van der Waals surface area contributed by atoms with Crippen LogP contribution in [0, 0.1) is 12.7 Å². The van der Waals surface area contributed by atoms with Gasteiger partial charge in [-0.1, -0.05) is 32.0 Å². The molecular weight excluding hydrogens is 521 g/mol. The molecule has 1 aromatic heterocycles. The normalized spacial score (nSPS) is 15.2. The van der Waals surface area contributed by atoms with Crippen molar-refractivity contribution in [3.8, 4) is 5.69 Å². The highest BCUT2D eigenvalue weighted by molar-refractivity contribution is 9.10. The molecule has 0 radical (unpaired) electrons. The average molecular weight is 557 g/mol. The van der Waals surface area contributed by atoms with Gasteiger partial charge in [0.1, 0.15) is 11.6 Å². The van der Waals surface area contributed by atoms with Crippen molar-refractivity contribution in [2.75, 3.05) is 37.6 Å². The minimum absolute atomic E-state index is 0.0171. The van der Waals surface area contributed by atoms with E-state index in [0.717, 1.165) is 60.7 Å². The van der Waals surface area contributed by atoms with Gasteiger partial charge in [0.25, 0.3) is 5.91 Å². The number of carbonyl (C=O) groups is 1. The van der Waals surface area contributed by atoms with Crippen molar-refractivity contribution in [1.82, 2.24) is 19.6 Å². The third-order valence-corrected chi connectivity index (χ3v) is 7.84. The van der Waals surface area contributed by atoms with E-state index in [1.807, 2.05) is 46.8 Å². The fraction of sp³-hybridized carbons (Fsp3) is 0.429. The highest BCUT2D eigenvalue weighted by atomic mass is 79.9. The lowest BCUT2D eigenvalue weighted by Gasteiger charge is -2.37. The maximum Gasteiger partial charge on any atom is 0.255 e. The summed E-state index contributed by atoms with van der Waals surface area (Å²) in [7, 11) is 0. The van der Waals surface area contributed by atoms with Gasteiger partial charge in [-0.05, 0) is 73.1 Å².